The number of amides is 1. The molecule has 3 aliphatic heterocycles. The SMILES string of the molecule is CC(C)(C)OC(=O)N[C@@H](CCO)[C@H]1O[C@@H]2OC(C)(C)O[C@@H]2[C@H]2OC(C)(C)O[C@H]21. The van der Waals surface area contributed by atoms with Crippen LogP contribution in [-0.2, 0) is 28.4 Å². The van der Waals surface area contributed by atoms with Crippen molar-refractivity contribution in [3.63, 3.8) is 0 Å². The van der Waals surface area contributed by atoms with E-state index in [1.54, 1.807) is 20.8 Å². The van der Waals surface area contributed by atoms with Gasteiger partial charge in [-0.05, 0) is 54.9 Å². The molecule has 28 heavy (non-hydrogen) atoms. The van der Waals surface area contributed by atoms with E-state index in [0.29, 0.717) is 0 Å². The summed E-state index contributed by atoms with van der Waals surface area (Å²) in [5.41, 5.74) is -0.643. The maximum Gasteiger partial charge on any atom is 0.407 e. The van der Waals surface area contributed by atoms with E-state index in [9.17, 15) is 9.90 Å². The lowest BCUT2D eigenvalue weighted by Crippen LogP contribution is -2.62. The van der Waals surface area contributed by atoms with Crippen LogP contribution in [0, 0.1) is 0 Å². The molecule has 3 aliphatic rings. The van der Waals surface area contributed by atoms with Crippen molar-refractivity contribution in [3.05, 3.63) is 0 Å². The fraction of sp³-hybridized carbons (Fsp3) is 0.947. The van der Waals surface area contributed by atoms with Gasteiger partial charge in [0.1, 0.15) is 30.0 Å². The summed E-state index contributed by atoms with van der Waals surface area (Å²) in [5.74, 6) is -1.66. The third-order valence-electron chi connectivity index (χ3n) is 4.73. The third kappa shape index (κ3) is 4.77. The maximum atomic E-state index is 12.3. The highest BCUT2D eigenvalue weighted by Gasteiger charge is 2.61. The Labute approximate surface area is 165 Å². The number of rotatable bonds is 4. The topological polar surface area (TPSA) is 105 Å². The molecule has 0 bridgehead atoms. The Bertz CT molecular complexity index is 587. The number of fused-ring (bicyclic) bond motifs is 3. The summed E-state index contributed by atoms with van der Waals surface area (Å²) in [4.78, 5) is 12.3. The van der Waals surface area contributed by atoms with Gasteiger partial charge in [-0.3, -0.25) is 0 Å². The minimum Gasteiger partial charge on any atom is -0.444 e. The lowest BCUT2D eigenvalue weighted by Gasteiger charge is -2.41. The average molecular weight is 403 g/mol. The Morgan fingerprint density at radius 2 is 1.61 bits per heavy atom. The van der Waals surface area contributed by atoms with E-state index in [1.807, 2.05) is 27.7 Å². The molecule has 162 valence electrons. The molecule has 9 nitrogen and oxygen atoms in total. The highest BCUT2D eigenvalue weighted by molar-refractivity contribution is 5.68. The van der Waals surface area contributed by atoms with Crippen molar-refractivity contribution < 1.29 is 38.3 Å². The first-order valence-corrected chi connectivity index (χ1v) is 9.77. The molecular weight excluding hydrogens is 370 g/mol. The van der Waals surface area contributed by atoms with Crippen LogP contribution in [0.1, 0.15) is 54.9 Å². The van der Waals surface area contributed by atoms with Crippen molar-refractivity contribution in [2.75, 3.05) is 6.61 Å². The molecule has 0 aromatic rings. The van der Waals surface area contributed by atoms with Gasteiger partial charge in [-0.1, -0.05) is 0 Å². The third-order valence-corrected chi connectivity index (χ3v) is 4.73. The summed E-state index contributed by atoms with van der Waals surface area (Å²) in [6, 6.07) is -0.557. The Morgan fingerprint density at radius 3 is 2.21 bits per heavy atom. The van der Waals surface area contributed by atoms with Gasteiger partial charge < -0.3 is 38.8 Å². The first-order chi connectivity index (χ1) is 12.8. The number of ether oxygens (including phenoxy) is 6. The van der Waals surface area contributed by atoms with Crippen LogP contribution in [0.15, 0.2) is 0 Å². The Morgan fingerprint density at radius 1 is 1.04 bits per heavy atom. The molecule has 3 heterocycles. The van der Waals surface area contributed by atoms with Crippen molar-refractivity contribution in [3.8, 4) is 0 Å². The fourth-order valence-corrected chi connectivity index (χ4v) is 3.88. The summed E-state index contributed by atoms with van der Waals surface area (Å²) < 4.78 is 35.6. The summed E-state index contributed by atoms with van der Waals surface area (Å²) in [7, 11) is 0. The molecule has 3 rings (SSSR count). The summed E-state index contributed by atoms with van der Waals surface area (Å²) in [5, 5.41) is 12.4. The number of carbonyl (C=O) groups excluding carboxylic acids is 1. The van der Waals surface area contributed by atoms with Gasteiger partial charge in [0, 0.05) is 6.61 Å². The molecule has 0 aliphatic carbocycles. The van der Waals surface area contributed by atoms with Crippen molar-refractivity contribution in [1.82, 2.24) is 5.32 Å². The number of alkyl carbamates (subject to hydrolysis) is 1. The van der Waals surface area contributed by atoms with Crippen molar-refractivity contribution in [2.24, 2.45) is 0 Å². The quantitative estimate of drug-likeness (QED) is 0.730. The second-order valence-electron chi connectivity index (χ2n) is 9.40. The zero-order valence-electron chi connectivity index (χ0n) is 17.7. The Hall–Kier alpha value is -0.970. The standard InChI is InChI=1S/C19H33NO8/c1-17(2,3)28-16(22)20-10(8-9-21)11-12-13(25-18(4,5)24-12)14-15(23-11)27-19(6,7)26-14/h10-15,21H,8-9H2,1-7H3,(H,20,22)/t10-,11+,12-,13-,14+,15+/m0/s1. The Kier molecular flexibility index (Phi) is 5.72. The van der Waals surface area contributed by atoms with Gasteiger partial charge >= 0.3 is 6.09 Å². The highest BCUT2D eigenvalue weighted by Crippen LogP contribution is 2.44. The van der Waals surface area contributed by atoms with Crippen molar-refractivity contribution in [2.45, 2.75) is 109 Å². The number of nitrogens with one attached hydrogen (secondary N) is 1. The molecule has 0 aromatic carbocycles. The van der Waals surface area contributed by atoms with Gasteiger partial charge in [-0.25, -0.2) is 4.79 Å². The molecule has 0 aromatic heterocycles. The van der Waals surface area contributed by atoms with E-state index in [-0.39, 0.29) is 13.0 Å². The molecule has 1 amide bonds. The fourth-order valence-electron chi connectivity index (χ4n) is 3.88. The first-order valence-electron chi connectivity index (χ1n) is 9.77. The van der Waals surface area contributed by atoms with Crippen molar-refractivity contribution in [1.29, 1.82) is 0 Å². The minimum atomic E-state index is -0.836. The van der Waals surface area contributed by atoms with Gasteiger partial charge in [-0.15, -0.1) is 0 Å². The van der Waals surface area contributed by atoms with Crippen molar-refractivity contribution >= 4 is 6.09 Å². The molecule has 2 N–H and O–H groups in total. The van der Waals surface area contributed by atoms with Gasteiger partial charge in [0.2, 0.25) is 0 Å². The van der Waals surface area contributed by atoms with Crippen LogP contribution in [0.4, 0.5) is 4.79 Å². The zero-order chi connectivity index (χ0) is 20.9. The molecule has 0 spiro atoms. The number of carbonyl (C=O) groups is 1. The minimum absolute atomic E-state index is 0.140. The lowest BCUT2D eigenvalue weighted by atomic mass is 9.92. The lowest BCUT2D eigenvalue weighted by molar-refractivity contribution is -0.240. The number of hydrogen-bond acceptors (Lipinski definition) is 8. The molecule has 0 saturated carbocycles. The van der Waals surface area contributed by atoms with Gasteiger partial charge in [0.15, 0.2) is 17.9 Å². The van der Waals surface area contributed by atoms with E-state index >= 15 is 0 Å². The van der Waals surface area contributed by atoms with Crippen LogP contribution in [-0.4, -0.2) is 71.7 Å². The van der Waals surface area contributed by atoms with Crippen LogP contribution in [0.25, 0.3) is 0 Å². The zero-order valence-corrected chi connectivity index (χ0v) is 17.7. The number of aliphatic hydroxyl groups is 1. The molecule has 9 heteroatoms. The number of hydrogen-bond donors (Lipinski definition) is 2. The normalized spacial score (nSPS) is 37.1. The molecule has 6 atom stereocenters. The summed E-state index contributed by atoms with van der Waals surface area (Å²) in [6.45, 7) is 12.5. The summed E-state index contributed by atoms with van der Waals surface area (Å²) >= 11 is 0. The molecule has 0 radical (unpaired) electrons. The highest BCUT2D eigenvalue weighted by atomic mass is 16.9. The monoisotopic (exact) mass is 403 g/mol. The number of aliphatic hydroxyl groups excluding tert-OH is 1. The van der Waals surface area contributed by atoms with E-state index < -0.39 is 60.0 Å². The van der Waals surface area contributed by atoms with Crippen LogP contribution >= 0.6 is 0 Å². The van der Waals surface area contributed by atoms with Gasteiger partial charge in [0.25, 0.3) is 0 Å². The second-order valence-corrected chi connectivity index (χ2v) is 9.40. The Balaban J connectivity index is 1.82. The molecular formula is C19H33NO8. The average Bonchev–Trinajstić information content (AvgIpc) is 2.98. The molecule has 3 saturated heterocycles. The smallest absolute Gasteiger partial charge is 0.407 e. The maximum absolute atomic E-state index is 12.3. The van der Waals surface area contributed by atoms with Gasteiger partial charge in [0.05, 0.1) is 6.04 Å². The first kappa shape index (κ1) is 21.7. The second kappa shape index (κ2) is 7.37. The largest absolute Gasteiger partial charge is 0.444 e. The predicted molar refractivity (Wildman–Crippen MR) is 97.4 cm³/mol. The van der Waals surface area contributed by atoms with E-state index in [2.05, 4.69) is 5.32 Å². The molecule has 3 fully saturated rings. The van der Waals surface area contributed by atoms with Crippen LogP contribution in [0.2, 0.25) is 0 Å². The summed E-state index contributed by atoms with van der Waals surface area (Å²) in [6.07, 6.45) is -2.98. The molecule has 0 unspecified atom stereocenters. The van der Waals surface area contributed by atoms with Crippen LogP contribution in [0.3, 0.4) is 0 Å². The predicted octanol–water partition coefficient (Wildman–Crippen LogP) is 1.66. The van der Waals surface area contributed by atoms with E-state index in [4.69, 9.17) is 28.4 Å². The van der Waals surface area contributed by atoms with Crippen LogP contribution < -0.4 is 5.32 Å². The van der Waals surface area contributed by atoms with Gasteiger partial charge in [-0.2, -0.15) is 0 Å². The van der Waals surface area contributed by atoms with E-state index in [1.165, 1.54) is 0 Å². The van der Waals surface area contributed by atoms with Crippen LogP contribution in [0.5, 0.6) is 0 Å². The van der Waals surface area contributed by atoms with E-state index in [0.717, 1.165) is 0 Å².